The summed E-state index contributed by atoms with van der Waals surface area (Å²) >= 11 is 3.11. The van der Waals surface area contributed by atoms with Crippen LogP contribution in [0.5, 0.6) is 0 Å². The lowest BCUT2D eigenvalue weighted by Crippen LogP contribution is -2.34. The van der Waals surface area contributed by atoms with Crippen LogP contribution in [0.2, 0.25) is 0 Å². The molecule has 15 heteroatoms. The van der Waals surface area contributed by atoms with Crippen LogP contribution in [0.1, 0.15) is 12.6 Å². The third-order valence-electron chi connectivity index (χ3n) is 4.17. The van der Waals surface area contributed by atoms with Crippen molar-refractivity contribution in [1.82, 2.24) is 29.3 Å². The zero-order valence-electron chi connectivity index (χ0n) is 15.0. The Morgan fingerprint density at radius 1 is 1.07 bits per heavy atom. The number of aryl methyl sites for hydroxylation is 1. The number of nitrogens with zero attached hydrogens (tertiary/aromatic N) is 6. The normalized spacial score (nSPS) is 13.4. The molecule has 0 amide bonds. The van der Waals surface area contributed by atoms with Crippen molar-refractivity contribution in [2.24, 2.45) is 14.1 Å². The Hall–Kier alpha value is -2.16. The molecule has 0 unspecified atom stereocenters. The highest BCUT2D eigenvalue weighted by Crippen LogP contribution is 2.43. The van der Waals surface area contributed by atoms with Crippen molar-refractivity contribution in [3.63, 3.8) is 0 Å². The molecule has 0 aliphatic rings. The molecule has 3 rings (SSSR count). The molecule has 3 heterocycles. The fourth-order valence-electron chi connectivity index (χ4n) is 2.59. The van der Waals surface area contributed by atoms with Crippen molar-refractivity contribution in [2.45, 2.75) is 24.0 Å². The predicted molar refractivity (Wildman–Crippen MR) is 93.9 cm³/mol. The summed E-state index contributed by atoms with van der Waals surface area (Å²) in [6.07, 6.45) is -5.86. The first-order valence-corrected chi connectivity index (χ1v) is 10.3. The molecule has 3 aromatic heterocycles. The zero-order chi connectivity index (χ0) is 21.9. The molecular formula is C14H12BrF5N6O2S. The van der Waals surface area contributed by atoms with E-state index in [-0.39, 0.29) is 38.2 Å². The second-order valence-electron chi connectivity index (χ2n) is 6.00. The molecule has 0 fully saturated rings. The molecule has 0 bridgehead atoms. The van der Waals surface area contributed by atoms with Crippen molar-refractivity contribution in [3.8, 4) is 11.5 Å². The van der Waals surface area contributed by atoms with Gasteiger partial charge in [0, 0.05) is 14.1 Å². The first kappa shape index (κ1) is 21.5. The summed E-state index contributed by atoms with van der Waals surface area (Å²) in [7, 11) is -0.961. The van der Waals surface area contributed by atoms with Gasteiger partial charge in [0.05, 0.1) is 5.75 Å². The van der Waals surface area contributed by atoms with Crippen LogP contribution in [0.4, 0.5) is 22.0 Å². The molecule has 0 aliphatic heterocycles. The van der Waals surface area contributed by atoms with E-state index in [1.165, 1.54) is 30.2 Å². The van der Waals surface area contributed by atoms with Crippen molar-refractivity contribution < 1.29 is 30.4 Å². The van der Waals surface area contributed by atoms with Crippen LogP contribution in [-0.2, 0) is 29.9 Å². The lowest BCUT2D eigenvalue weighted by molar-refractivity contribution is -0.291. The summed E-state index contributed by atoms with van der Waals surface area (Å²) in [4.78, 5) is 8.10. The van der Waals surface area contributed by atoms with E-state index < -0.39 is 27.6 Å². The van der Waals surface area contributed by atoms with Gasteiger partial charge in [-0.2, -0.15) is 22.0 Å². The van der Waals surface area contributed by atoms with Crippen molar-refractivity contribution in [2.75, 3.05) is 5.75 Å². The van der Waals surface area contributed by atoms with Gasteiger partial charge in [-0.15, -0.1) is 10.2 Å². The molecule has 8 nitrogen and oxygen atoms in total. The minimum atomic E-state index is -5.86. The van der Waals surface area contributed by atoms with E-state index in [2.05, 4.69) is 36.1 Å². The highest BCUT2D eigenvalue weighted by Gasteiger charge is 2.60. The van der Waals surface area contributed by atoms with Crippen molar-refractivity contribution in [3.05, 3.63) is 16.5 Å². The predicted octanol–water partition coefficient (Wildman–Crippen LogP) is 2.97. The zero-order valence-corrected chi connectivity index (χ0v) is 17.4. The maximum atomic E-state index is 13.6. The standard InChI is InChI=1S/C14H12BrF5N6O2S/c1-4-29(27,28)11-8(22-12(15)26(11)3)10-21-6-5-7(13(16,17)14(18,19)20)23-24-9(6)25(10)2/h5H,4H2,1-3H3. The molecule has 0 aromatic carbocycles. The van der Waals surface area contributed by atoms with Gasteiger partial charge in [-0.3, -0.25) is 0 Å². The van der Waals surface area contributed by atoms with Gasteiger partial charge in [-0.1, -0.05) is 6.92 Å². The Morgan fingerprint density at radius 2 is 1.69 bits per heavy atom. The number of rotatable bonds is 4. The molecule has 0 aliphatic carbocycles. The number of alkyl halides is 5. The first-order valence-electron chi connectivity index (χ1n) is 7.82. The van der Waals surface area contributed by atoms with Gasteiger partial charge >= 0.3 is 12.1 Å². The number of fused-ring (bicyclic) bond motifs is 1. The number of halogens is 6. The topological polar surface area (TPSA) is 95.6 Å². The third kappa shape index (κ3) is 3.29. The van der Waals surface area contributed by atoms with Crippen molar-refractivity contribution in [1.29, 1.82) is 0 Å². The Balaban J connectivity index is 2.27. The average Bonchev–Trinajstić information content (AvgIpc) is 3.11. The van der Waals surface area contributed by atoms with E-state index in [4.69, 9.17) is 0 Å². The molecule has 0 atom stereocenters. The number of aromatic nitrogens is 6. The van der Waals surface area contributed by atoms with E-state index in [9.17, 15) is 30.4 Å². The van der Waals surface area contributed by atoms with Crippen LogP contribution in [0.3, 0.4) is 0 Å². The van der Waals surface area contributed by atoms with E-state index in [1.807, 2.05) is 0 Å². The van der Waals surface area contributed by atoms with E-state index in [0.29, 0.717) is 6.07 Å². The highest BCUT2D eigenvalue weighted by molar-refractivity contribution is 9.10. The Morgan fingerprint density at radius 3 is 2.24 bits per heavy atom. The third-order valence-corrected chi connectivity index (χ3v) is 6.69. The van der Waals surface area contributed by atoms with Crippen molar-refractivity contribution >= 4 is 36.9 Å². The molecule has 29 heavy (non-hydrogen) atoms. The lowest BCUT2D eigenvalue weighted by Gasteiger charge is -2.17. The van der Waals surface area contributed by atoms with Gasteiger partial charge in [-0.25, -0.2) is 18.4 Å². The SMILES string of the molecule is CCS(=O)(=O)c1c(-c2nc3cc(C(F)(F)C(F)(F)F)nnc3n2C)nc(Br)n1C. The monoisotopic (exact) mass is 502 g/mol. The Labute approximate surface area is 168 Å². The van der Waals surface area contributed by atoms with Gasteiger partial charge in [0.25, 0.3) is 0 Å². The van der Waals surface area contributed by atoms with E-state index in [1.54, 1.807) is 0 Å². The van der Waals surface area contributed by atoms with E-state index >= 15 is 0 Å². The molecule has 3 aromatic rings. The number of imidazole rings is 2. The summed E-state index contributed by atoms with van der Waals surface area (Å²) in [5.74, 6) is -5.57. The van der Waals surface area contributed by atoms with Crippen LogP contribution < -0.4 is 0 Å². The van der Waals surface area contributed by atoms with Gasteiger partial charge in [-0.05, 0) is 22.0 Å². The molecule has 0 saturated heterocycles. The van der Waals surface area contributed by atoms with Gasteiger partial charge in [0.2, 0.25) is 0 Å². The first-order chi connectivity index (χ1) is 13.2. The van der Waals surface area contributed by atoms with Crippen LogP contribution >= 0.6 is 15.9 Å². The van der Waals surface area contributed by atoms with Gasteiger partial charge in [0.15, 0.2) is 31.1 Å². The maximum absolute atomic E-state index is 13.6. The summed E-state index contributed by atoms with van der Waals surface area (Å²) < 4.78 is 92.6. The van der Waals surface area contributed by atoms with Crippen LogP contribution in [0, 0.1) is 0 Å². The Bertz CT molecular complexity index is 1220. The van der Waals surface area contributed by atoms with Gasteiger partial charge < -0.3 is 9.13 Å². The molecule has 158 valence electrons. The minimum absolute atomic E-state index is 0.0879. The largest absolute Gasteiger partial charge is 0.459 e. The minimum Gasteiger partial charge on any atom is -0.312 e. The van der Waals surface area contributed by atoms with E-state index in [0.717, 1.165) is 0 Å². The second kappa shape index (κ2) is 6.68. The number of hydrogen-bond donors (Lipinski definition) is 0. The fourth-order valence-corrected chi connectivity index (χ4v) is 4.27. The van der Waals surface area contributed by atoms with Gasteiger partial charge in [0.1, 0.15) is 16.9 Å². The second-order valence-corrected chi connectivity index (χ2v) is 8.90. The maximum Gasteiger partial charge on any atom is 0.459 e. The summed E-state index contributed by atoms with van der Waals surface area (Å²) in [6, 6.07) is 0.464. The lowest BCUT2D eigenvalue weighted by atomic mass is 10.2. The fraction of sp³-hybridized carbons (Fsp3) is 0.429. The average molecular weight is 503 g/mol. The molecule has 0 radical (unpaired) electrons. The van der Waals surface area contributed by atoms with Crippen LogP contribution in [0.25, 0.3) is 22.7 Å². The quantitative estimate of drug-likeness (QED) is 0.509. The molecule has 0 saturated carbocycles. The smallest absolute Gasteiger partial charge is 0.312 e. The number of hydrogen-bond acceptors (Lipinski definition) is 6. The summed E-state index contributed by atoms with van der Waals surface area (Å²) in [6.45, 7) is 1.42. The van der Waals surface area contributed by atoms with Crippen LogP contribution in [0.15, 0.2) is 15.8 Å². The summed E-state index contributed by atoms with van der Waals surface area (Å²) in [5.41, 5.74) is -2.17. The highest BCUT2D eigenvalue weighted by atomic mass is 79.9. The number of sulfone groups is 1. The molecular weight excluding hydrogens is 491 g/mol. The Kier molecular flexibility index (Phi) is 4.97. The summed E-state index contributed by atoms with van der Waals surface area (Å²) in [5, 5.41) is 6.22. The molecule has 0 spiro atoms. The van der Waals surface area contributed by atoms with Crippen LogP contribution in [-0.4, -0.2) is 49.6 Å². The molecule has 0 N–H and O–H groups in total.